The third kappa shape index (κ3) is 6.13. The Kier molecular flexibility index (Phi) is 7.86. The molecule has 0 saturated carbocycles. The molecular formula is C17H19IN2O5. The van der Waals surface area contributed by atoms with Gasteiger partial charge in [-0.25, -0.2) is 0 Å². The van der Waals surface area contributed by atoms with Crippen LogP contribution in [-0.4, -0.2) is 34.3 Å². The second kappa shape index (κ2) is 10.1. The number of carboxylic acids is 1. The summed E-state index contributed by atoms with van der Waals surface area (Å²) in [6, 6.07) is 9.86. The number of carbonyl (C=O) groups is 1. The Balaban J connectivity index is 1.88. The molecule has 0 bridgehead atoms. The third-order valence-corrected chi connectivity index (χ3v) is 4.70. The van der Waals surface area contributed by atoms with Crippen LogP contribution in [0, 0.1) is 3.57 Å². The molecule has 1 atom stereocenters. The second-order valence-electron chi connectivity index (χ2n) is 5.47. The lowest BCUT2D eigenvalue weighted by molar-refractivity contribution is -0.137. The standard InChI is InChI=1S/C17H19IN2O5/c18-16-14(10-19-23)25-20-17(16)13(9-15(21)22)7-4-8-24-11-12-5-2-1-3-6-12/h1-3,5-6,10,13,23H,4,7-9,11H2,(H,21,22)/t13-/m0/s1. The third-order valence-electron chi connectivity index (χ3n) is 3.62. The fourth-order valence-corrected chi connectivity index (χ4v) is 3.21. The Morgan fingerprint density at radius 3 is 2.84 bits per heavy atom. The average molecular weight is 458 g/mol. The summed E-state index contributed by atoms with van der Waals surface area (Å²) in [6.07, 6.45) is 2.41. The smallest absolute Gasteiger partial charge is 0.304 e. The maximum absolute atomic E-state index is 11.1. The highest BCUT2D eigenvalue weighted by atomic mass is 127. The first-order valence-corrected chi connectivity index (χ1v) is 8.85. The van der Waals surface area contributed by atoms with Crippen LogP contribution in [0.2, 0.25) is 0 Å². The first-order chi connectivity index (χ1) is 12.1. The van der Waals surface area contributed by atoms with E-state index in [1.165, 1.54) is 0 Å². The number of aliphatic carboxylic acids is 1. The number of benzene rings is 1. The fraction of sp³-hybridized carbons (Fsp3) is 0.353. The Hall–Kier alpha value is -1.94. The molecule has 25 heavy (non-hydrogen) atoms. The van der Waals surface area contributed by atoms with E-state index in [1.54, 1.807) is 0 Å². The first-order valence-electron chi connectivity index (χ1n) is 7.77. The van der Waals surface area contributed by atoms with Crippen LogP contribution in [-0.2, 0) is 16.1 Å². The van der Waals surface area contributed by atoms with E-state index >= 15 is 0 Å². The monoisotopic (exact) mass is 458 g/mol. The zero-order valence-electron chi connectivity index (χ0n) is 13.5. The maximum atomic E-state index is 11.1. The second-order valence-corrected chi connectivity index (χ2v) is 6.54. The largest absolute Gasteiger partial charge is 0.481 e. The van der Waals surface area contributed by atoms with Crippen LogP contribution in [0.15, 0.2) is 40.0 Å². The van der Waals surface area contributed by atoms with E-state index in [1.807, 2.05) is 52.9 Å². The van der Waals surface area contributed by atoms with E-state index in [0.29, 0.717) is 41.1 Å². The van der Waals surface area contributed by atoms with E-state index in [0.717, 1.165) is 11.8 Å². The van der Waals surface area contributed by atoms with E-state index in [4.69, 9.17) is 19.6 Å². The van der Waals surface area contributed by atoms with Crippen LogP contribution in [0.25, 0.3) is 0 Å². The number of oxime groups is 1. The Morgan fingerprint density at radius 2 is 2.16 bits per heavy atom. The molecular weight excluding hydrogens is 439 g/mol. The molecule has 0 aliphatic heterocycles. The van der Waals surface area contributed by atoms with Crippen molar-refractivity contribution in [3.63, 3.8) is 0 Å². The van der Waals surface area contributed by atoms with Gasteiger partial charge in [-0.2, -0.15) is 0 Å². The number of carboxylic acid groups (broad SMARTS) is 1. The summed E-state index contributed by atoms with van der Waals surface area (Å²) >= 11 is 2.01. The normalized spacial score (nSPS) is 12.5. The molecule has 2 N–H and O–H groups in total. The summed E-state index contributed by atoms with van der Waals surface area (Å²) in [4.78, 5) is 11.1. The highest BCUT2D eigenvalue weighted by Gasteiger charge is 2.24. The zero-order valence-corrected chi connectivity index (χ0v) is 15.6. The van der Waals surface area contributed by atoms with Crippen molar-refractivity contribution < 1.29 is 24.4 Å². The van der Waals surface area contributed by atoms with Crippen LogP contribution in [0.4, 0.5) is 0 Å². The van der Waals surface area contributed by atoms with Crippen LogP contribution in [0.5, 0.6) is 0 Å². The summed E-state index contributed by atoms with van der Waals surface area (Å²) in [7, 11) is 0. The molecule has 8 heteroatoms. The van der Waals surface area contributed by atoms with Crippen molar-refractivity contribution in [3.8, 4) is 0 Å². The molecule has 0 aliphatic carbocycles. The Bertz CT molecular complexity index is 702. The summed E-state index contributed by atoms with van der Waals surface area (Å²) in [5, 5.41) is 24.6. The number of ether oxygens (including phenoxy) is 1. The number of hydrogen-bond acceptors (Lipinski definition) is 6. The topological polar surface area (TPSA) is 105 Å². The van der Waals surface area contributed by atoms with Crippen molar-refractivity contribution in [1.82, 2.24) is 5.16 Å². The minimum Gasteiger partial charge on any atom is -0.481 e. The van der Waals surface area contributed by atoms with Crippen molar-refractivity contribution in [3.05, 3.63) is 50.9 Å². The molecule has 1 heterocycles. The van der Waals surface area contributed by atoms with Crippen LogP contribution in [0.1, 0.15) is 42.2 Å². The summed E-state index contributed by atoms with van der Waals surface area (Å²) in [5.41, 5.74) is 1.67. The summed E-state index contributed by atoms with van der Waals surface area (Å²) in [6.45, 7) is 1.06. The van der Waals surface area contributed by atoms with E-state index < -0.39 is 5.97 Å². The molecule has 2 rings (SSSR count). The van der Waals surface area contributed by atoms with E-state index in [-0.39, 0.29) is 12.3 Å². The Morgan fingerprint density at radius 1 is 1.40 bits per heavy atom. The van der Waals surface area contributed by atoms with Crippen LogP contribution in [0.3, 0.4) is 0 Å². The van der Waals surface area contributed by atoms with Gasteiger partial charge in [0.05, 0.1) is 16.6 Å². The van der Waals surface area contributed by atoms with Crippen molar-refractivity contribution in [2.24, 2.45) is 5.16 Å². The molecule has 0 fully saturated rings. The molecule has 1 aromatic heterocycles. The molecule has 0 saturated heterocycles. The van der Waals surface area contributed by atoms with Gasteiger partial charge in [0.15, 0.2) is 5.76 Å². The summed E-state index contributed by atoms with van der Waals surface area (Å²) in [5.74, 6) is -0.866. The van der Waals surface area contributed by atoms with E-state index in [2.05, 4.69) is 10.3 Å². The summed E-state index contributed by atoms with van der Waals surface area (Å²) < 4.78 is 11.4. The lowest BCUT2D eigenvalue weighted by atomic mass is 9.96. The molecule has 0 radical (unpaired) electrons. The number of hydrogen-bond donors (Lipinski definition) is 2. The molecule has 7 nitrogen and oxygen atoms in total. The molecule has 0 spiro atoms. The van der Waals surface area contributed by atoms with E-state index in [9.17, 15) is 4.79 Å². The highest BCUT2D eigenvalue weighted by Crippen LogP contribution is 2.29. The molecule has 1 aromatic carbocycles. The number of halogens is 1. The maximum Gasteiger partial charge on any atom is 0.304 e. The van der Waals surface area contributed by atoms with Gasteiger partial charge in [-0.15, -0.1) is 0 Å². The first kappa shape index (κ1) is 19.4. The number of aromatic nitrogens is 1. The molecule has 2 aromatic rings. The van der Waals surface area contributed by atoms with Gasteiger partial charge in [-0.05, 0) is 41.0 Å². The predicted octanol–water partition coefficient (Wildman–Crippen LogP) is 3.64. The fourth-order valence-electron chi connectivity index (χ4n) is 2.43. The van der Waals surface area contributed by atoms with Crippen molar-refractivity contribution in [2.75, 3.05) is 6.61 Å². The van der Waals surface area contributed by atoms with Crippen molar-refractivity contribution in [1.29, 1.82) is 0 Å². The van der Waals surface area contributed by atoms with Crippen LogP contribution < -0.4 is 0 Å². The molecule has 0 unspecified atom stereocenters. The molecule has 134 valence electrons. The highest BCUT2D eigenvalue weighted by molar-refractivity contribution is 14.1. The van der Waals surface area contributed by atoms with Gasteiger partial charge in [0, 0.05) is 12.5 Å². The molecule has 0 aliphatic rings. The SMILES string of the molecule is O=C(O)C[C@H](CCCOCc1ccccc1)c1noc(C=NO)c1I. The average Bonchev–Trinajstić information content (AvgIpc) is 2.95. The molecule has 0 amide bonds. The van der Waals surface area contributed by atoms with Gasteiger partial charge in [-0.1, -0.05) is 40.6 Å². The van der Waals surface area contributed by atoms with Gasteiger partial charge in [-0.3, -0.25) is 4.79 Å². The number of rotatable bonds is 10. The lowest BCUT2D eigenvalue weighted by Gasteiger charge is -2.12. The minimum absolute atomic E-state index is 0.0447. The van der Waals surface area contributed by atoms with Crippen LogP contribution >= 0.6 is 22.6 Å². The quantitative estimate of drug-likeness (QED) is 0.185. The van der Waals surface area contributed by atoms with Gasteiger partial charge >= 0.3 is 5.97 Å². The Labute approximate surface area is 158 Å². The zero-order chi connectivity index (χ0) is 18.1. The van der Waals surface area contributed by atoms with Gasteiger partial charge in [0.25, 0.3) is 0 Å². The number of nitrogens with zero attached hydrogens (tertiary/aromatic N) is 2. The predicted molar refractivity (Wildman–Crippen MR) is 98.9 cm³/mol. The van der Waals surface area contributed by atoms with Crippen molar-refractivity contribution in [2.45, 2.75) is 31.8 Å². The van der Waals surface area contributed by atoms with Gasteiger partial charge in [0.1, 0.15) is 11.9 Å². The van der Waals surface area contributed by atoms with Crippen molar-refractivity contribution >= 4 is 34.8 Å². The minimum atomic E-state index is -0.897. The lowest BCUT2D eigenvalue weighted by Crippen LogP contribution is -2.09. The van der Waals surface area contributed by atoms with Gasteiger partial charge < -0.3 is 19.6 Å². The van der Waals surface area contributed by atoms with Gasteiger partial charge in [0.2, 0.25) is 0 Å².